The molecule has 0 saturated heterocycles. The van der Waals surface area contributed by atoms with Gasteiger partial charge in [0.1, 0.15) is 0 Å². The van der Waals surface area contributed by atoms with Gasteiger partial charge in [0.25, 0.3) is 0 Å². The van der Waals surface area contributed by atoms with E-state index in [9.17, 15) is 0 Å². The lowest BCUT2D eigenvalue weighted by atomic mass is 9.81. The van der Waals surface area contributed by atoms with Gasteiger partial charge in [-0.2, -0.15) is 0 Å². The molecule has 0 radical (unpaired) electrons. The number of benzene rings is 1. The molecule has 0 amide bonds. The van der Waals surface area contributed by atoms with Crippen LogP contribution in [-0.2, 0) is 0 Å². The Kier molecular flexibility index (Phi) is 1.18. The first-order valence-electron chi connectivity index (χ1n) is 4.46. The third kappa shape index (κ3) is 0.718. The molecule has 0 aromatic heterocycles. The Morgan fingerprint density at radius 2 is 1.92 bits per heavy atom. The van der Waals surface area contributed by atoms with Crippen molar-refractivity contribution in [2.45, 2.75) is 12.0 Å². The number of rotatable bonds is 0. The van der Waals surface area contributed by atoms with E-state index in [0.29, 0.717) is 12.0 Å². The van der Waals surface area contributed by atoms with Gasteiger partial charge < -0.3 is 5.32 Å². The van der Waals surface area contributed by atoms with E-state index in [1.165, 1.54) is 11.1 Å². The highest BCUT2D eigenvalue weighted by atomic mass is 14.9. The van der Waals surface area contributed by atoms with E-state index in [2.05, 4.69) is 41.7 Å². The van der Waals surface area contributed by atoms with E-state index >= 15 is 0 Å². The van der Waals surface area contributed by atoms with Crippen LogP contribution < -0.4 is 5.32 Å². The molecule has 1 aromatic carbocycles. The summed E-state index contributed by atoms with van der Waals surface area (Å²) >= 11 is 0. The zero-order valence-corrected chi connectivity index (χ0v) is 6.83. The first-order chi connectivity index (χ1) is 5.95. The topological polar surface area (TPSA) is 12.0 Å². The molecule has 2 heterocycles. The second-order valence-electron chi connectivity index (χ2n) is 3.51. The van der Waals surface area contributed by atoms with Gasteiger partial charge in [-0.25, -0.2) is 0 Å². The van der Waals surface area contributed by atoms with Gasteiger partial charge in [0.05, 0.1) is 6.04 Å². The minimum Gasteiger partial charge on any atom is -0.306 e. The van der Waals surface area contributed by atoms with Crippen molar-refractivity contribution < 1.29 is 0 Å². The second-order valence-corrected chi connectivity index (χ2v) is 3.51. The van der Waals surface area contributed by atoms with E-state index in [1.807, 2.05) is 0 Å². The summed E-state index contributed by atoms with van der Waals surface area (Å²) in [5.41, 5.74) is 2.99. The maximum absolute atomic E-state index is 3.49. The van der Waals surface area contributed by atoms with Gasteiger partial charge in [-0.1, -0.05) is 36.4 Å². The van der Waals surface area contributed by atoms with Crippen LogP contribution in [0, 0.1) is 0 Å². The minimum atomic E-state index is 0.478. The van der Waals surface area contributed by atoms with Crippen LogP contribution in [0.25, 0.3) is 0 Å². The van der Waals surface area contributed by atoms with Crippen LogP contribution >= 0.6 is 0 Å². The van der Waals surface area contributed by atoms with Gasteiger partial charge in [0.15, 0.2) is 0 Å². The average molecular weight is 157 g/mol. The Balaban J connectivity index is 2.24. The predicted molar refractivity (Wildman–Crippen MR) is 49.1 cm³/mol. The summed E-state index contributed by atoms with van der Waals surface area (Å²) in [7, 11) is 0. The number of nitrogens with one attached hydrogen (secondary N) is 1. The molecule has 0 saturated carbocycles. The van der Waals surface area contributed by atoms with Crippen LogP contribution in [0.4, 0.5) is 0 Å². The zero-order chi connectivity index (χ0) is 7.97. The Morgan fingerprint density at radius 1 is 1.08 bits per heavy atom. The predicted octanol–water partition coefficient (Wildman–Crippen LogP) is 1.98. The molecule has 4 rings (SSSR count). The molecular weight excluding hydrogens is 146 g/mol. The summed E-state index contributed by atoms with van der Waals surface area (Å²) in [4.78, 5) is 0. The summed E-state index contributed by atoms with van der Waals surface area (Å²) in [5.74, 6) is 0.617. The van der Waals surface area contributed by atoms with E-state index < -0.39 is 0 Å². The molecule has 2 atom stereocenters. The van der Waals surface area contributed by atoms with Gasteiger partial charge in [-0.05, 0) is 11.1 Å². The van der Waals surface area contributed by atoms with Gasteiger partial charge in [-0.15, -0.1) is 0 Å². The van der Waals surface area contributed by atoms with Crippen LogP contribution in [-0.4, -0.2) is 6.54 Å². The van der Waals surface area contributed by atoms with Crippen LogP contribution in [0.15, 0.2) is 36.4 Å². The quantitative estimate of drug-likeness (QED) is 0.568. The van der Waals surface area contributed by atoms with Crippen LogP contribution in [0.2, 0.25) is 0 Å². The Morgan fingerprint density at radius 3 is 2.58 bits per heavy atom. The van der Waals surface area contributed by atoms with E-state index in [0.717, 1.165) is 6.54 Å². The molecule has 60 valence electrons. The molecule has 2 bridgehead atoms. The van der Waals surface area contributed by atoms with Crippen molar-refractivity contribution in [3.8, 4) is 0 Å². The highest BCUT2D eigenvalue weighted by Gasteiger charge is 2.27. The lowest BCUT2D eigenvalue weighted by Crippen LogP contribution is -2.34. The second kappa shape index (κ2) is 2.20. The number of hydrogen-bond acceptors (Lipinski definition) is 1. The molecule has 2 aliphatic heterocycles. The van der Waals surface area contributed by atoms with Crippen molar-refractivity contribution in [3.05, 3.63) is 47.5 Å². The SMILES string of the molecule is C1=CC2NCC1c1ccccc12. The van der Waals surface area contributed by atoms with Crippen LogP contribution in [0.3, 0.4) is 0 Å². The van der Waals surface area contributed by atoms with Crippen LogP contribution in [0.5, 0.6) is 0 Å². The molecule has 1 nitrogen and oxygen atoms in total. The summed E-state index contributed by atoms with van der Waals surface area (Å²) in [6, 6.07) is 9.20. The monoisotopic (exact) mass is 157 g/mol. The molecule has 1 aliphatic carbocycles. The molecular formula is C11H11N. The Hall–Kier alpha value is -1.08. The van der Waals surface area contributed by atoms with Crippen molar-refractivity contribution >= 4 is 0 Å². The normalized spacial score (nSPS) is 30.3. The van der Waals surface area contributed by atoms with Crippen molar-refractivity contribution in [3.63, 3.8) is 0 Å². The van der Waals surface area contributed by atoms with Gasteiger partial charge >= 0.3 is 0 Å². The maximum Gasteiger partial charge on any atom is 0.0509 e. The first kappa shape index (κ1) is 6.44. The average Bonchev–Trinajstić information content (AvgIpc) is 2.20. The highest BCUT2D eigenvalue weighted by molar-refractivity contribution is 5.43. The molecule has 1 N–H and O–H groups in total. The Bertz CT molecular complexity index is 308. The fraction of sp³-hybridized carbons (Fsp3) is 0.273. The third-order valence-electron chi connectivity index (χ3n) is 2.82. The fourth-order valence-electron chi connectivity index (χ4n) is 2.19. The lowest BCUT2D eigenvalue weighted by molar-refractivity contribution is 0.520. The van der Waals surface area contributed by atoms with Crippen molar-refractivity contribution in [2.24, 2.45) is 0 Å². The van der Waals surface area contributed by atoms with E-state index in [1.54, 1.807) is 0 Å². The first-order valence-corrected chi connectivity index (χ1v) is 4.46. The van der Waals surface area contributed by atoms with Crippen molar-refractivity contribution in [2.75, 3.05) is 6.54 Å². The summed E-state index contributed by atoms with van der Waals surface area (Å²) in [6.45, 7) is 1.11. The van der Waals surface area contributed by atoms with Gasteiger partial charge in [0.2, 0.25) is 0 Å². The molecule has 2 unspecified atom stereocenters. The van der Waals surface area contributed by atoms with E-state index in [-0.39, 0.29) is 0 Å². The molecule has 0 spiro atoms. The van der Waals surface area contributed by atoms with Crippen molar-refractivity contribution in [1.82, 2.24) is 5.32 Å². The van der Waals surface area contributed by atoms with Gasteiger partial charge in [-0.3, -0.25) is 0 Å². The molecule has 0 fully saturated rings. The summed E-state index contributed by atoms with van der Waals surface area (Å²) < 4.78 is 0. The summed E-state index contributed by atoms with van der Waals surface area (Å²) in [5, 5.41) is 3.49. The van der Waals surface area contributed by atoms with Crippen molar-refractivity contribution in [1.29, 1.82) is 0 Å². The molecule has 3 aliphatic rings. The molecule has 1 aromatic rings. The Labute approximate surface area is 72.1 Å². The maximum atomic E-state index is 3.49. The van der Waals surface area contributed by atoms with Gasteiger partial charge in [0, 0.05) is 12.5 Å². The number of fused-ring (bicyclic) bond motifs is 1. The standard InChI is InChI=1S/C11H11N/c1-2-4-10-9(3-1)8-5-6-11(10)12-7-8/h1-6,8,11-12H,7H2. The third-order valence-corrected chi connectivity index (χ3v) is 2.82. The highest BCUT2D eigenvalue weighted by Crippen LogP contribution is 2.36. The fourth-order valence-corrected chi connectivity index (χ4v) is 2.19. The zero-order valence-electron chi connectivity index (χ0n) is 6.83. The smallest absolute Gasteiger partial charge is 0.0509 e. The largest absolute Gasteiger partial charge is 0.306 e. The number of hydrogen-bond donors (Lipinski definition) is 1. The molecule has 12 heavy (non-hydrogen) atoms. The minimum absolute atomic E-state index is 0.478. The molecule has 1 heteroatoms. The summed E-state index contributed by atoms with van der Waals surface area (Å²) in [6.07, 6.45) is 4.60. The van der Waals surface area contributed by atoms with E-state index in [4.69, 9.17) is 0 Å². The lowest BCUT2D eigenvalue weighted by Gasteiger charge is -2.34. The van der Waals surface area contributed by atoms with Crippen LogP contribution in [0.1, 0.15) is 23.1 Å².